The number of hydrogen-bond donors (Lipinski definition) is 0. The zero-order valence-corrected chi connectivity index (χ0v) is 17.8. The molecule has 1 fully saturated rings. The van der Waals surface area contributed by atoms with Gasteiger partial charge in [0.15, 0.2) is 0 Å². The number of amides is 1. The van der Waals surface area contributed by atoms with Crippen LogP contribution in [0.3, 0.4) is 0 Å². The van der Waals surface area contributed by atoms with Crippen molar-refractivity contribution in [2.24, 2.45) is 0 Å². The first kappa shape index (κ1) is 21.7. The highest BCUT2D eigenvalue weighted by atomic mass is 32.2. The summed E-state index contributed by atoms with van der Waals surface area (Å²) in [4.78, 5) is 14.6. The third kappa shape index (κ3) is 4.57. The lowest BCUT2D eigenvalue weighted by atomic mass is 9.92. The highest BCUT2D eigenvalue weighted by molar-refractivity contribution is 7.89. The monoisotopic (exact) mass is 450 g/mol. The van der Waals surface area contributed by atoms with Gasteiger partial charge in [0, 0.05) is 26.2 Å². The van der Waals surface area contributed by atoms with Crippen molar-refractivity contribution in [2.45, 2.75) is 37.2 Å². The zero-order chi connectivity index (χ0) is 22.0. The summed E-state index contributed by atoms with van der Waals surface area (Å²) in [6, 6.07) is 11.2. The van der Waals surface area contributed by atoms with E-state index in [4.69, 9.17) is 0 Å². The maximum absolute atomic E-state index is 13.1. The van der Waals surface area contributed by atoms with Crippen LogP contribution in [-0.2, 0) is 22.9 Å². The molecule has 1 aliphatic carbocycles. The van der Waals surface area contributed by atoms with Crippen LogP contribution in [0.2, 0.25) is 0 Å². The number of fused-ring (bicyclic) bond motifs is 1. The summed E-state index contributed by atoms with van der Waals surface area (Å²) in [6.07, 6.45) is 4.06. The average molecular weight is 451 g/mol. The predicted molar refractivity (Wildman–Crippen MR) is 111 cm³/mol. The largest absolute Gasteiger partial charge is 0.434 e. The topological polar surface area (TPSA) is 66.9 Å². The fraction of sp³-hybridized carbons (Fsp3) is 0.409. The molecule has 0 bridgehead atoms. The number of carbonyl (C=O) groups is 1. The van der Waals surface area contributed by atoms with Crippen molar-refractivity contribution in [2.75, 3.05) is 26.2 Å². The summed E-state index contributed by atoms with van der Waals surface area (Å²) in [6.45, 7) is -2.41. The van der Waals surface area contributed by atoms with Crippen molar-refractivity contribution in [3.8, 4) is 5.75 Å². The Hall–Kier alpha value is -2.52. The standard InChI is InChI=1S/C22H24F2N2O4S/c23-22(24)30-20-8-4-3-7-19(20)21(27)25-11-13-26(14-12-25)31(28,29)18-10-9-16-5-1-2-6-17(16)15-18/h3-4,7-10,15,22H,1-2,5-6,11-14H2. The minimum Gasteiger partial charge on any atom is -0.434 e. The second-order valence-corrected chi connectivity index (χ2v) is 9.65. The van der Waals surface area contributed by atoms with Crippen LogP contribution in [0.1, 0.15) is 34.3 Å². The molecule has 1 aliphatic heterocycles. The van der Waals surface area contributed by atoms with Gasteiger partial charge >= 0.3 is 6.61 Å². The molecule has 2 aliphatic rings. The van der Waals surface area contributed by atoms with Crippen molar-refractivity contribution >= 4 is 15.9 Å². The third-order valence-corrected chi connectivity index (χ3v) is 7.71. The Morgan fingerprint density at radius 3 is 2.32 bits per heavy atom. The number of sulfonamides is 1. The average Bonchev–Trinajstić information content (AvgIpc) is 2.78. The Labute approximate surface area is 180 Å². The second-order valence-electron chi connectivity index (χ2n) is 7.71. The molecule has 0 N–H and O–H groups in total. The quantitative estimate of drug-likeness (QED) is 0.701. The molecule has 9 heteroatoms. The van der Waals surface area contributed by atoms with Crippen LogP contribution in [0.4, 0.5) is 8.78 Å². The normalized spacial score (nSPS) is 17.5. The van der Waals surface area contributed by atoms with Crippen molar-refractivity contribution in [3.63, 3.8) is 0 Å². The first-order chi connectivity index (χ1) is 14.9. The summed E-state index contributed by atoms with van der Waals surface area (Å²) in [5, 5.41) is 0. The van der Waals surface area contributed by atoms with Gasteiger partial charge in [0.25, 0.3) is 5.91 Å². The third-order valence-electron chi connectivity index (χ3n) is 5.82. The lowest BCUT2D eigenvalue weighted by Crippen LogP contribution is -2.50. The molecular formula is C22H24F2N2O4S. The molecule has 1 heterocycles. The number of aryl methyl sites for hydroxylation is 2. The molecule has 0 radical (unpaired) electrons. The minimum atomic E-state index is -3.66. The first-order valence-corrected chi connectivity index (χ1v) is 11.8. The lowest BCUT2D eigenvalue weighted by molar-refractivity contribution is -0.0503. The molecular weight excluding hydrogens is 426 g/mol. The maximum atomic E-state index is 13.1. The Kier molecular flexibility index (Phi) is 6.24. The molecule has 166 valence electrons. The SMILES string of the molecule is O=C(c1ccccc1OC(F)F)N1CCN(S(=O)(=O)c2ccc3c(c2)CCCC3)CC1. The summed E-state index contributed by atoms with van der Waals surface area (Å²) in [5.74, 6) is -0.645. The van der Waals surface area contributed by atoms with E-state index in [0.29, 0.717) is 0 Å². The van der Waals surface area contributed by atoms with E-state index in [2.05, 4.69) is 4.74 Å². The van der Waals surface area contributed by atoms with Gasteiger partial charge in [-0.1, -0.05) is 18.2 Å². The summed E-state index contributed by atoms with van der Waals surface area (Å²) in [5.41, 5.74) is 2.34. The van der Waals surface area contributed by atoms with Gasteiger partial charge in [-0.15, -0.1) is 0 Å². The lowest BCUT2D eigenvalue weighted by Gasteiger charge is -2.34. The number of carbonyl (C=O) groups excluding carboxylic acids is 1. The molecule has 0 unspecified atom stereocenters. The predicted octanol–water partition coefficient (Wildman–Crippen LogP) is 3.31. The van der Waals surface area contributed by atoms with E-state index in [1.165, 1.54) is 33.0 Å². The molecule has 0 aromatic heterocycles. The Balaban J connectivity index is 1.46. The molecule has 6 nitrogen and oxygen atoms in total. The van der Waals surface area contributed by atoms with Gasteiger partial charge in [-0.2, -0.15) is 13.1 Å². The highest BCUT2D eigenvalue weighted by Gasteiger charge is 2.32. The number of para-hydroxylation sites is 1. The molecule has 1 amide bonds. The summed E-state index contributed by atoms with van der Waals surface area (Å²) in [7, 11) is -3.66. The number of rotatable bonds is 5. The minimum absolute atomic E-state index is 0.0359. The fourth-order valence-electron chi connectivity index (χ4n) is 4.16. The number of nitrogens with zero attached hydrogens (tertiary/aromatic N) is 2. The Morgan fingerprint density at radius 2 is 1.61 bits per heavy atom. The molecule has 0 saturated carbocycles. The van der Waals surface area contributed by atoms with Crippen LogP contribution in [0.5, 0.6) is 5.75 Å². The van der Waals surface area contributed by atoms with Gasteiger partial charge in [-0.3, -0.25) is 4.79 Å². The van der Waals surface area contributed by atoms with E-state index in [9.17, 15) is 22.0 Å². The van der Waals surface area contributed by atoms with E-state index in [0.717, 1.165) is 31.2 Å². The van der Waals surface area contributed by atoms with Crippen molar-refractivity contribution in [3.05, 3.63) is 59.2 Å². The molecule has 0 spiro atoms. The number of ether oxygens (including phenoxy) is 1. The maximum Gasteiger partial charge on any atom is 0.387 e. The number of benzene rings is 2. The molecule has 2 aromatic carbocycles. The van der Waals surface area contributed by atoms with E-state index < -0.39 is 22.5 Å². The zero-order valence-electron chi connectivity index (χ0n) is 17.0. The fourth-order valence-corrected chi connectivity index (χ4v) is 5.64. The molecule has 1 saturated heterocycles. The van der Waals surface area contributed by atoms with Gasteiger partial charge in [0.1, 0.15) is 5.75 Å². The van der Waals surface area contributed by atoms with E-state index >= 15 is 0 Å². The number of hydrogen-bond acceptors (Lipinski definition) is 4. The van der Waals surface area contributed by atoms with Crippen LogP contribution in [0.25, 0.3) is 0 Å². The van der Waals surface area contributed by atoms with Crippen LogP contribution < -0.4 is 4.74 Å². The van der Waals surface area contributed by atoms with Crippen LogP contribution in [-0.4, -0.2) is 56.3 Å². The van der Waals surface area contributed by atoms with Gasteiger partial charge in [-0.05, 0) is 61.1 Å². The van der Waals surface area contributed by atoms with E-state index in [1.807, 2.05) is 6.07 Å². The van der Waals surface area contributed by atoms with Gasteiger partial charge in [-0.25, -0.2) is 8.42 Å². The van der Waals surface area contributed by atoms with E-state index in [1.54, 1.807) is 18.2 Å². The Morgan fingerprint density at radius 1 is 0.935 bits per heavy atom. The van der Waals surface area contributed by atoms with Gasteiger partial charge < -0.3 is 9.64 Å². The molecule has 0 atom stereocenters. The summed E-state index contributed by atoms with van der Waals surface area (Å²) < 4.78 is 57.3. The van der Waals surface area contributed by atoms with Gasteiger partial charge in [0.2, 0.25) is 10.0 Å². The van der Waals surface area contributed by atoms with Crippen molar-refractivity contribution in [1.29, 1.82) is 0 Å². The number of alkyl halides is 2. The number of piperazine rings is 1. The smallest absolute Gasteiger partial charge is 0.387 e. The second kappa shape index (κ2) is 8.92. The molecule has 4 rings (SSSR count). The van der Waals surface area contributed by atoms with Crippen LogP contribution >= 0.6 is 0 Å². The molecule has 2 aromatic rings. The van der Waals surface area contributed by atoms with Crippen LogP contribution in [0.15, 0.2) is 47.4 Å². The van der Waals surface area contributed by atoms with Gasteiger partial charge in [0.05, 0.1) is 10.5 Å². The number of halogens is 2. The van der Waals surface area contributed by atoms with Crippen molar-refractivity contribution < 1.29 is 26.7 Å². The first-order valence-electron chi connectivity index (χ1n) is 10.3. The van der Waals surface area contributed by atoms with E-state index in [-0.39, 0.29) is 42.4 Å². The van der Waals surface area contributed by atoms with Crippen LogP contribution in [0, 0.1) is 0 Å². The molecule has 31 heavy (non-hydrogen) atoms. The highest BCUT2D eigenvalue weighted by Crippen LogP contribution is 2.27. The Bertz CT molecular complexity index is 1070. The van der Waals surface area contributed by atoms with Crippen molar-refractivity contribution in [1.82, 2.24) is 9.21 Å². The summed E-state index contributed by atoms with van der Waals surface area (Å²) >= 11 is 0.